The Labute approximate surface area is 89.1 Å². The van der Waals surface area contributed by atoms with Gasteiger partial charge in [-0.2, -0.15) is 10.5 Å². The highest BCUT2D eigenvalue weighted by Gasteiger charge is 2.29. The molecule has 0 radical (unpaired) electrons. The van der Waals surface area contributed by atoms with E-state index in [2.05, 4.69) is 0 Å². The van der Waals surface area contributed by atoms with Crippen LogP contribution in [0.25, 0.3) is 5.57 Å². The van der Waals surface area contributed by atoms with E-state index in [1.54, 1.807) is 0 Å². The van der Waals surface area contributed by atoms with E-state index < -0.39 is 0 Å². The van der Waals surface area contributed by atoms with Crippen molar-refractivity contribution in [2.45, 2.75) is 12.8 Å². The van der Waals surface area contributed by atoms with Crippen molar-refractivity contribution in [3.8, 4) is 12.1 Å². The predicted octanol–water partition coefficient (Wildman–Crippen LogP) is 2.90. The minimum Gasteiger partial charge on any atom is -0.192 e. The highest BCUT2D eigenvalue weighted by atomic mass is 14.4. The van der Waals surface area contributed by atoms with Crippen LogP contribution in [0.4, 0.5) is 0 Å². The summed E-state index contributed by atoms with van der Waals surface area (Å²) in [4.78, 5) is 0. The molecular weight excluding hydrogens is 184 g/mol. The van der Waals surface area contributed by atoms with E-state index in [1.807, 2.05) is 42.5 Å². The van der Waals surface area contributed by atoms with Crippen molar-refractivity contribution in [3.63, 3.8) is 0 Å². The molecule has 2 heteroatoms. The van der Waals surface area contributed by atoms with Crippen LogP contribution in [0.1, 0.15) is 18.4 Å². The Morgan fingerprint density at radius 1 is 1.07 bits per heavy atom. The lowest BCUT2D eigenvalue weighted by atomic mass is 9.97. The minimum atomic E-state index is 0.267. The monoisotopic (exact) mass is 194 g/mol. The molecule has 1 aromatic carbocycles. The van der Waals surface area contributed by atoms with Gasteiger partial charge in [0.2, 0.25) is 0 Å². The average Bonchev–Trinajstić information content (AvgIpc) is 3.11. The summed E-state index contributed by atoms with van der Waals surface area (Å²) in [6.45, 7) is 0. The van der Waals surface area contributed by atoms with Crippen LogP contribution in [-0.4, -0.2) is 0 Å². The van der Waals surface area contributed by atoms with E-state index in [1.165, 1.54) is 0 Å². The molecule has 0 aromatic heterocycles. The standard InChI is InChI=1S/C13H10N2/c14-8-12(9-15)13(11-6-7-11)10-4-2-1-3-5-10/h1-5,11H,6-7H2. The molecule has 15 heavy (non-hydrogen) atoms. The summed E-state index contributed by atoms with van der Waals surface area (Å²) in [5, 5.41) is 17.8. The fraction of sp³-hybridized carbons (Fsp3) is 0.231. The van der Waals surface area contributed by atoms with E-state index in [0.29, 0.717) is 5.92 Å². The molecular formula is C13H10N2. The second-order valence-corrected chi connectivity index (χ2v) is 3.65. The van der Waals surface area contributed by atoms with Gasteiger partial charge in [-0.05, 0) is 29.9 Å². The van der Waals surface area contributed by atoms with Crippen molar-refractivity contribution in [2.75, 3.05) is 0 Å². The molecule has 0 unspecified atom stereocenters. The SMILES string of the molecule is N#CC(C#N)=C(c1ccccc1)C1CC1. The second kappa shape index (κ2) is 3.98. The summed E-state index contributed by atoms with van der Waals surface area (Å²) in [6, 6.07) is 13.7. The molecule has 1 saturated carbocycles. The summed E-state index contributed by atoms with van der Waals surface area (Å²) in [5.41, 5.74) is 2.21. The zero-order valence-corrected chi connectivity index (χ0v) is 8.27. The van der Waals surface area contributed by atoms with Crippen molar-refractivity contribution in [3.05, 3.63) is 41.5 Å². The number of hydrogen-bond donors (Lipinski definition) is 0. The summed E-state index contributed by atoms with van der Waals surface area (Å²) in [7, 11) is 0. The first-order valence-corrected chi connectivity index (χ1v) is 4.96. The van der Waals surface area contributed by atoms with Crippen molar-refractivity contribution >= 4 is 5.57 Å². The summed E-state index contributed by atoms with van der Waals surface area (Å²) in [5.74, 6) is 0.418. The van der Waals surface area contributed by atoms with Gasteiger partial charge in [-0.3, -0.25) is 0 Å². The third-order valence-corrected chi connectivity index (χ3v) is 2.56. The lowest BCUT2D eigenvalue weighted by Crippen LogP contribution is -1.91. The Bertz CT molecular complexity index is 451. The molecule has 1 aromatic rings. The third-order valence-electron chi connectivity index (χ3n) is 2.56. The first kappa shape index (κ1) is 9.49. The van der Waals surface area contributed by atoms with Crippen molar-refractivity contribution in [2.24, 2.45) is 5.92 Å². The molecule has 0 bridgehead atoms. The van der Waals surface area contributed by atoms with Gasteiger partial charge in [-0.15, -0.1) is 0 Å². The molecule has 0 amide bonds. The van der Waals surface area contributed by atoms with Gasteiger partial charge < -0.3 is 0 Å². The van der Waals surface area contributed by atoms with Crippen molar-refractivity contribution < 1.29 is 0 Å². The fourth-order valence-electron chi connectivity index (χ4n) is 1.72. The maximum Gasteiger partial charge on any atom is 0.133 e. The highest BCUT2D eigenvalue weighted by molar-refractivity contribution is 5.77. The largest absolute Gasteiger partial charge is 0.192 e. The van der Waals surface area contributed by atoms with E-state index in [0.717, 1.165) is 24.0 Å². The first-order chi connectivity index (χ1) is 7.36. The van der Waals surface area contributed by atoms with Crippen LogP contribution < -0.4 is 0 Å². The van der Waals surface area contributed by atoms with Gasteiger partial charge in [0, 0.05) is 0 Å². The van der Waals surface area contributed by atoms with Crippen LogP contribution in [0.15, 0.2) is 35.9 Å². The summed E-state index contributed by atoms with van der Waals surface area (Å²) >= 11 is 0. The second-order valence-electron chi connectivity index (χ2n) is 3.65. The Kier molecular flexibility index (Phi) is 2.52. The molecule has 0 heterocycles. The molecule has 0 aliphatic heterocycles. The molecule has 1 fully saturated rings. The van der Waals surface area contributed by atoms with Gasteiger partial charge in [0.15, 0.2) is 0 Å². The van der Waals surface area contributed by atoms with Gasteiger partial charge >= 0.3 is 0 Å². The van der Waals surface area contributed by atoms with Gasteiger partial charge in [0.05, 0.1) is 0 Å². The van der Waals surface area contributed by atoms with Gasteiger partial charge in [0.25, 0.3) is 0 Å². The van der Waals surface area contributed by atoms with Crippen molar-refractivity contribution in [1.82, 2.24) is 0 Å². The minimum absolute atomic E-state index is 0.267. The van der Waals surface area contributed by atoms with E-state index in [9.17, 15) is 0 Å². The van der Waals surface area contributed by atoms with Crippen LogP contribution >= 0.6 is 0 Å². The third kappa shape index (κ3) is 1.90. The smallest absolute Gasteiger partial charge is 0.133 e. The maximum absolute atomic E-state index is 8.90. The Morgan fingerprint density at radius 2 is 1.67 bits per heavy atom. The first-order valence-electron chi connectivity index (χ1n) is 4.96. The van der Waals surface area contributed by atoms with Crippen molar-refractivity contribution in [1.29, 1.82) is 10.5 Å². The number of nitrogens with zero attached hydrogens (tertiary/aromatic N) is 2. The molecule has 0 atom stereocenters. The molecule has 1 aliphatic rings. The number of benzene rings is 1. The van der Waals surface area contributed by atoms with Gasteiger partial charge in [-0.1, -0.05) is 30.3 Å². The average molecular weight is 194 g/mol. The van der Waals surface area contributed by atoms with Crippen LogP contribution in [0, 0.1) is 28.6 Å². The highest BCUT2D eigenvalue weighted by Crippen LogP contribution is 2.43. The predicted molar refractivity (Wildman–Crippen MR) is 57.3 cm³/mol. The molecule has 0 N–H and O–H groups in total. The van der Waals surface area contributed by atoms with E-state index >= 15 is 0 Å². The zero-order chi connectivity index (χ0) is 10.7. The topological polar surface area (TPSA) is 47.6 Å². The van der Waals surface area contributed by atoms with E-state index in [-0.39, 0.29) is 5.57 Å². The quantitative estimate of drug-likeness (QED) is 0.679. The van der Waals surface area contributed by atoms with Gasteiger partial charge in [-0.25, -0.2) is 0 Å². The molecule has 1 aliphatic carbocycles. The Morgan fingerprint density at radius 3 is 2.13 bits per heavy atom. The molecule has 2 nitrogen and oxygen atoms in total. The zero-order valence-electron chi connectivity index (χ0n) is 8.27. The molecule has 72 valence electrons. The lowest BCUT2D eigenvalue weighted by molar-refractivity contribution is 1.14. The summed E-state index contributed by atoms with van der Waals surface area (Å²) in [6.07, 6.45) is 2.19. The Balaban J connectivity index is 2.51. The Hall–Kier alpha value is -2.06. The van der Waals surface area contributed by atoms with Crippen LogP contribution in [0.2, 0.25) is 0 Å². The summed E-state index contributed by atoms with van der Waals surface area (Å²) < 4.78 is 0. The number of rotatable bonds is 2. The normalized spacial score (nSPS) is 13.7. The van der Waals surface area contributed by atoms with Crippen LogP contribution in [0.3, 0.4) is 0 Å². The van der Waals surface area contributed by atoms with Gasteiger partial charge in [0.1, 0.15) is 17.7 Å². The van der Waals surface area contributed by atoms with Crippen LogP contribution in [0.5, 0.6) is 0 Å². The molecule has 0 spiro atoms. The lowest BCUT2D eigenvalue weighted by Gasteiger charge is -2.05. The van der Waals surface area contributed by atoms with Crippen LogP contribution in [-0.2, 0) is 0 Å². The number of nitriles is 2. The maximum atomic E-state index is 8.90. The fourth-order valence-corrected chi connectivity index (χ4v) is 1.72. The number of allylic oxidation sites excluding steroid dienone is 2. The molecule has 2 rings (SSSR count). The number of hydrogen-bond acceptors (Lipinski definition) is 2. The molecule has 0 saturated heterocycles. The van der Waals surface area contributed by atoms with E-state index in [4.69, 9.17) is 10.5 Å².